The number of pyridine rings is 1. The van der Waals surface area contributed by atoms with E-state index in [9.17, 15) is 9.59 Å². The molecule has 0 saturated heterocycles. The highest BCUT2D eigenvalue weighted by Gasteiger charge is 2.26. The average Bonchev–Trinajstić information content (AvgIpc) is 2.85. The van der Waals surface area contributed by atoms with Crippen molar-refractivity contribution in [2.75, 3.05) is 18.4 Å². The molecule has 1 aliphatic heterocycles. The topological polar surface area (TPSA) is 74.3 Å². The van der Waals surface area contributed by atoms with E-state index < -0.39 is 11.8 Å². The summed E-state index contributed by atoms with van der Waals surface area (Å²) in [5, 5.41) is 5.50. The van der Waals surface area contributed by atoms with Crippen LogP contribution in [0.25, 0.3) is 0 Å². The number of hydrogen-bond donors (Lipinski definition) is 2. The second-order valence-corrected chi connectivity index (χ2v) is 8.01. The molecule has 2 aromatic carbocycles. The Morgan fingerprint density at radius 1 is 1.00 bits per heavy atom. The van der Waals surface area contributed by atoms with Crippen LogP contribution in [-0.2, 0) is 29.0 Å². The molecule has 0 fully saturated rings. The molecule has 1 aromatic heterocycles. The lowest BCUT2D eigenvalue weighted by molar-refractivity contribution is -0.136. The van der Waals surface area contributed by atoms with E-state index in [1.54, 1.807) is 6.20 Å². The van der Waals surface area contributed by atoms with Crippen molar-refractivity contribution in [1.29, 1.82) is 0 Å². The first-order chi connectivity index (χ1) is 15.6. The van der Waals surface area contributed by atoms with Gasteiger partial charge in [-0.25, -0.2) is 0 Å². The van der Waals surface area contributed by atoms with Gasteiger partial charge in [-0.3, -0.25) is 19.5 Å². The molecule has 0 saturated carbocycles. The van der Waals surface area contributed by atoms with Gasteiger partial charge in [0.15, 0.2) is 0 Å². The Bertz CT molecular complexity index is 1070. The Hall–Kier alpha value is -3.51. The van der Waals surface area contributed by atoms with Gasteiger partial charge in [0.2, 0.25) is 0 Å². The predicted molar refractivity (Wildman–Crippen MR) is 125 cm³/mol. The summed E-state index contributed by atoms with van der Waals surface area (Å²) in [5.74, 6) is -1.31. The number of amides is 2. The van der Waals surface area contributed by atoms with Crippen LogP contribution in [0.15, 0.2) is 73.1 Å². The predicted octanol–water partition coefficient (Wildman–Crippen LogP) is 3.50. The molecule has 6 nitrogen and oxygen atoms in total. The van der Waals surface area contributed by atoms with E-state index in [4.69, 9.17) is 0 Å². The molecule has 0 aliphatic carbocycles. The van der Waals surface area contributed by atoms with Crippen molar-refractivity contribution in [1.82, 2.24) is 15.2 Å². The maximum absolute atomic E-state index is 12.5. The zero-order chi connectivity index (χ0) is 22.3. The third-order valence-electron chi connectivity index (χ3n) is 5.95. The SMILES string of the molecule is CCc1ccc(NC(=O)C(=O)NC[C@H](c2cccnc2)N2CCc3ccccc3C2)cc1. The lowest BCUT2D eigenvalue weighted by atomic mass is 9.97. The zero-order valence-electron chi connectivity index (χ0n) is 18.3. The van der Waals surface area contributed by atoms with Crippen molar-refractivity contribution in [2.45, 2.75) is 32.4 Å². The summed E-state index contributed by atoms with van der Waals surface area (Å²) in [6.07, 6.45) is 5.44. The number of hydrogen-bond acceptors (Lipinski definition) is 4. The molecule has 4 rings (SSSR count). The summed E-state index contributed by atoms with van der Waals surface area (Å²) in [6, 6.07) is 19.8. The second kappa shape index (κ2) is 10.2. The summed E-state index contributed by atoms with van der Waals surface area (Å²) in [6.45, 7) is 4.07. The molecular formula is C26H28N4O2. The number of fused-ring (bicyclic) bond motifs is 1. The molecule has 32 heavy (non-hydrogen) atoms. The normalized spacial score (nSPS) is 14.3. The number of nitrogens with one attached hydrogen (secondary N) is 2. The van der Waals surface area contributed by atoms with E-state index in [1.165, 1.54) is 16.7 Å². The van der Waals surface area contributed by atoms with Gasteiger partial charge in [-0.05, 0) is 53.3 Å². The molecule has 0 radical (unpaired) electrons. The van der Waals surface area contributed by atoms with Gasteiger partial charge in [-0.15, -0.1) is 0 Å². The Morgan fingerprint density at radius 2 is 1.78 bits per heavy atom. The van der Waals surface area contributed by atoms with Crippen LogP contribution >= 0.6 is 0 Å². The van der Waals surface area contributed by atoms with Gasteiger partial charge < -0.3 is 10.6 Å². The fourth-order valence-corrected chi connectivity index (χ4v) is 4.10. The van der Waals surface area contributed by atoms with Crippen molar-refractivity contribution in [3.05, 3.63) is 95.3 Å². The molecule has 2 heterocycles. The van der Waals surface area contributed by atoms with Gasteiger partial charge >= 0.3 is 11.8 Å². The van der Waals surface area contributed by atoms with E-state index >= 15 is 0 Å². The van der Waals surface area contributed by atoms with Gasteiger partial charge in [0.25, 0.3) is 0 Å². The van der Waals surface area contributed by atoms with Gasteiger partial charge in [0.05, 0.1) is 6.04 Å². The molecule has 0 unspecified atom stereocenters. The van der Waals surface area contributed by atoms with Crippen molar-refractivity contribution < 1.29 is 9.59 Å². The summed E-state index contributed by atoms with van der Waals surface area (Å²) in [4.78, 5) is 31.5. The Balaban J connectivity index is 1.42. The highest BCUT2D eigenvalue weighted by Crippen LogP contribution is 2.27. The van der Waals surface area contributed by atoms with E-state index in [-0.39, 0.29) is 6.04 Å². The fraction of sp³-hybridized carbons (Fsp3) is 0.269. The maximum atomic E-state index is 12.5. The summed E-state index contributed by atoms with van der Waals surface area (Å²) >= 11 is 0. The largest absolute Gasteiger partial charge is 0.346 e. The molecular weight excluding hydrogens is 400 g/mol. The Kier molecular flexibility index (Phi) is 6.92. The molecule has 1 aliphatic rings. The highest BCUT2D eigenvalue weighted by atomic mass is 16.2. The maximum Gasteiger partial charge on any atom is 0.313 e. The van der Waals surface area contributed by atoms with Crippen molar-refractivity contribution >= 4 is 17.5 Å². The van der Waals surface area contributed by atoms with E-state index in [1.807, 2.05) is 42.6 Å². The minimum atomic E-state index is -0.664. The highest BCUT2D eigenvalue weighted by molar-refractivity contribution is 6.39. The van der Waals surface area contributed by atoms with Crippen molar-refractivity contribution in [2.24, 2.45) is 0 Å². The molecule has 2 N–H and O–H groups in total. The van der Waals surface area contributed by atoms with Crippen LogP contribution in [0.3, 0.4) is 0 Å². The fourth-order valence-electron chi connectivity index (χ4n) is 4.10. The molecule has 0 bridgehead atoms. The average molecular weight is 429 g/mol. The van der Waals surface area contributed by atoms with Crippen LogP contribution in [0, 0.1) is 0 Å². The van der Waals surface area contributed by atoms with Crippen LogP contribution in [0.1, 0.15) is 35.2 Å². The lowest BCUT2D eigenvalue weighted by Gasteiger charge is -2.35. The van der Waals surface area contributed by atoms with Crippen LogP contribution in [0.5, 0.6) is 0 Å². The number of aromatic nitrogens is 1. The third-order valence-corrected chi connectivity index (χ3v) is 5.95. The first-order valence-electron chi connectivity index (χ1n) is 11.0. The summed E-state index contributed by atoms with van der Waals surface area (Å²) < 4.78 is 0. The first-order valence-corrected chi connectivity index (χ1v) is 11.0. The summed E-state index contributed by atoms with van der Waals surface area (Å²) in [7, 11) is 0. The zero-order valence-corrected chi connectivity index (χ0v) is 18.3. The van der Waals surface area contributed by atoms with Crippen LogP contribution in [0.2, 0.25) is 0 Å². The minimum absolute atomic E-state index is 0.0716. The second-order valence-electron chi connectivity index (χ2n) is 8.01. The van der Waals surface area contributed by atoms with Gasteiger partial charge in [-0.2, -0.15) is 0 Å². The number of aryl methyl sites for hydroxylation is 1. The van der Waals surface area contributed by atoms with Crippen molar-refractivity contribution in [3.8, 4) is 0 Å². The molecule has 2 amide bonds. The Labute approximate surface area is 188 Å². The number of anilines is 1. The third kappa shape index (κ3) is 5.21. The molecule has 3 aromatic rings. The van der Waals surface area contributed by atoms with Crippen molar-refractivity contribution in [3.63, 3.8) is 0 Å². The Morgan fingerprint density at radius 3 is 2.50 bits per heavy atom. The van der Waals surface area contributed by atoms with Gasteiger partial charge in [0.1, 0.15) is 0 Å². The first kappa shape index (κ1) is 21.7. The van der Waals surface area contributed by atoms with Crippen LogP contribution in [-0.4, -0.2) is 34.8 Å². The number of nitrogens with zero attached hydrogens (tertiary/aromatic N) is 2. The van der Waals surface area contributed by atoms with E-state index in [2.05, 4.69) is 51.7 Å². The minimum Gasteiger partial charge on any atom is -0.346 e. The van der Waals surface area contributed by atoms with Crippen LogP contribution < -0.4 is 10.6 Å². The smallest absolute Gasteiger partial charge is 0.313 e. The monoisotopic (exact) mass is 428 g/mol. The summed E-state index contributed by atoms with van der Waals surface area (Å²) in [5.41, 5.74) is 5.47. The molecule has 1 atom stereocenters. The molecule has 6 heteroatoms. The van der Waals surface area contributed by atoms with E-state index in [0.717, 1.165) is 31.5 Å². The molecule has 164 valence electrons. The molecule has 0 spiro atoms. The lowest BCUT2D eigenvalue weighted by Crippen LogP contribution is -2.43. The number of carbonyl (C=O) groups is 2. The van der Waals surface area contributed by atoms with Gasteiger partial charge in [-0.1, -0.05) is 49.4 Å². The standard InChI is InChI=1S/C26H28N4O2/c1-2-19-9-11-23(12-10-19)29-26(32)25(31)28-17-24(21-8-5-14-27-16-21)30-15-13-20-6-3-4-7-22(20)18-30/h3-12,14,16,24H,2,13,15,17-18H2,1H3,(H,28,31)(H,29,32)/t24-/m1/s1. The number of rotatable bonds is 6. The van der Waals surface area contributed by atoms with Crippen LogP contribution in [0.4, 0.5) is 5.69 Å². The number of benzene rings is 2. The number of carbonyl (C=O) groups excluding carboxylic acids is 2. The van der Waals surface area contributed by atoms with Gasteiger partial charge in [0, 0.05) is 37.7 Å². The van der Waals surface area contributed by atoms with E-state index in [0.29, 0.717) is 12.2 Å². The quantitative estimate of drug-likeness (QED) is 0.590.